The van der Waals surface area contributed by atoms with Gasteiger partial charge in [0, 0.05) is 11.4 Å². The van der Waals surface area contributed by atoms with Gasteiger partial charge in [-0.3, -0.25) is 0 Å². The predicted molar refractivity (Wildman–Crippen MR) is 221 cm³/mol. The predicted octanol–water partition coefficient (Wildman–Crippen LogP) is 11.8. The number of benzene rings is 6. The van der Waals surface area contributed by atoms with Crippen molar-refractivity contribution in [2.45, 2.75) is 104 Å². The van der Waals surface area contributed by atoms with Gasteiger partial charge in [0.15, 0.2) is 0 Å². The van der Waals surface area contributed by atoms with Gasteiger partial charge in [0.1, 0.15) is 0 Å². The van der Waals surface area contributed by atoms with Crippen molar-refractivity contribution >= 4 is 22.1 Å². The minimum atomic E-state index is 0.863. The van der Waals surface area contributed by atoms with Crippen LogP contribution in [-0.4, -0.2) is 0 Å². The minimum Gasteiger partial charge on any atom is -0.399 e. The summed E-state index contributed by atoms with van der Waals surface area (Å²) in [5.41, 5.74) is 41.5. The van der Waals surface area contributed by atoms with Gasteiger partial charge in [0.2, 0.25) is 0 Å². The summed E-state index contributed by atoms with van der Waals surface area (Å²) in [6.45, 7) is 4.66. The number of anilines is 2. The van der Waals surface area contributed by atoms with E-state index in [-0.39, 0.29) is 0 Å². The summed E-state index contributed by atoms with van der Waals surface area (Å²) < 4.78 is 0. The minimum absolute atomic E-state index is 0.863. The number of hydrogen-bond donors (Lipinski definition) is 2. The molecule has 2 nitrogen and oxygen atoms in total. The molecule has 260 valence electrons. The maximum atomic E-state index is 6.42. The monoisotopic (exact) mass is 678 g/mol. The van der Waals surface area contributed by atoms with E-state index in [1.54, 1.807) is 33.4 Å². The third kappa shape index (κ3) is 4.97. The van der Waals surface area contributed by atoms with E-state index in [0.29, 0.717) is 0 Å². The van der Waals surface area contributed by atoms with Gasteiger partial charge in [-0.1, -0.05) is 51.0 Å². The number of hydrogen-bond acceptors (Lipinski definition) is 2. The highest BCUT2D eigenvalue weighted by atomic mass is 14.5. The second kappa shape index (κ2) is 12.4. The van der Waals surface area contributed by atoms with E-state index in [0.717, 1.165) is 62.7 Å². The van der Waals surface area contributed by atoms with Crippen LogP contribution in [0.2, 0.25) is 0 Å². The third-order valence-corrected chi connectivity index (χ3v) is 13.2. The normalized spacial score (nSPS) is 14.7. The summed E-state index contributed by atoms with van der Waals surface area (Å²) in [5.74, 6) is 0. The standard InChI is InChI=1S/C50H50N2/c1-3-5-7-37-39-17-11-29-9-15-35(51)25-45(29)49(39)27-47-41(37)19-13-31-21-33-22-32-14-20-42-38(8-6-4-2)40-18-12-30-10-16-36(52)26-46(30)50(40)28-48(42)44(32)24-34(33)23-43(31)47/h9-10,15-16,21-28H,3-8,11-14,17-20,51-52H2,1-2H3. The fourth-order valence-corrected chi connectivity index (χ4v) is 10.6. The van der Waals surface area contributed by atoms with E-state index < -0.39 is 0 Å². The first-order chi connectivity index (χ1) is 25.5. The van der Waals surface area contributed by atoms with Crippen molar-refractivity contribution < 1.29 is 0 Å². The van der Waals surface area contributed by atoms with E-state index in [9.17, 15) is 0 Å². The Hall–Kier alpha value is -4.82. The molecule has 10 rings (SSSR count). The molecule has 6 aromatic carbocycles. The van der Waals surface area contributed by atoms with E-state index in [2.05, 4.69) is 86.6 Å². The molecule has 0 saturated heterocycles. The first-order valence-electron chi connectivity index (χ1n) is 20.2. The van der Waals surface area contributed by atoms with Crippen LogP contribution in [0.3, 0.4) is 0 Å². The third-order valence-electron chi connectivity index (χ3n) is 13.2. The zero-order chi connectivity index (χ0) is 35.1. The highest BCUT2D eigenvalue weighted by molar-refractivity contribution is 5.97. The molecule has 0 spiro atoms. The number of rotatable bonds is 6. The quantitative estimate of drug-likeness (QED) is 0.172. The topological polar surface area (TPSA) is 52.0 Å². The summed E-state index contributed by atoms with van der Waals surface area (Å²) in [7, 11) is 0. The van der Waals surface area contributed by atoms with Crippen LogP contribution in [0, 0.1) is 0 Å². The molecular weight excluding hydrogens is 629 g/mol. The summed E-state index contributed by atoms with van der Waals surface area (Å²) >= 11 is 0. The van der Waals surface area contributed by atoms with Gasteiger partial charge in [0.25, 0.3) is 0 Å². The smallest absolute Gasteiger partial charge is 0.0320 e. The Morgan fingerprint density at radius 2 is 0.750 bits per heavy atom. The fourth-order valence-electron chi connectivity index (χ4n) is 10.6. The number of nitrogen functional groups attached to an aromatic ring is 2. The fraction of sp³-hybridized carbons (Fsp3) is 0.320. The lowest BCUT2D eigenvalue weighted by molar-refractivity contribution is 0.766. The average Bonchev–Trinajstić information content (AvgIpc) is 3.16. The molecule has 4 aliphatic rings. The zero-order valence-corrected chi connectivity index (χ0v) is 31.0. The number of unbranched alkanes of at least 4 members (excludes halogenated alkanes) is 2. The lowest BCUT2D eigenvalue weighted by atomic mass is 9.73. The maximum absolute atomic E-state index is 6.42. The highest BCUT2D eigenvalue weighted by Gasteiger charge is 2.30. The molecule has 0 bridgehead atoms. The van der Waals surface area contributed by atoms with Crippen LogP contribution < -0.4 is 11.5 Å². The molecule has 0 aliphatic heterocycles. The molecule has 4 N–H and O–H groups in total. The molecule has 0 aromatic heterocycles. The van der Waals surface area contributed by atoms with Crippen LogP contribution in [0.1, 0.15) is 95.2 Å². The average molecular weight is 679 g/mol. The Bertz CT molecular complexity index is 2290. The second-order valence-electron chi connectivity index (χ2n) is 16.2. The highest BCUT2D eigenvalue weighted by Crippen LogP contribution is 2.49. The zero-order valence-electron chi connectivity index (χ0n) is 31.0. The summed E-state index contributed by atoms with van der Waals surface area (Å²) in [4.78, 5) is 0. The van der Waals surface area contributed by atoms with Gasteiger partial charge >= 0.3 is 0 Å². The van der Waals surface area contributed by atoms with E-state index in [4.69, 9.17) is 11.5 Å². The van der Waals surface area contributed by atoms with Gasteiger partial charge in [-0.05, 0) is 236 Å². The van der Waals surface area contributed by atoms with Crippen LogP contribution in [0.4, 0.5) is 11.4 Å². The molecule has 0 fully saturated rings. The van der Waals surface area contributed by atoms with Crippen molar-refractivity contribution in [2.24, 2.45) is 0 Å². The number of nitrogens with two attached hydrogens (primary N) is 2. The second-order valence-corrected chi connectivity index (χ2v) is 16.2. The van der Waals surface area contributed by atoms with E-state index in [1.165, 1.54) is 116 Å². The summed E-state index contributed by atoms with van der Waals surface area (Å²) in [5, 5.41) is 2.77. The lowest BCUT2D eigenvalue weighted by Gasteiger charge is -2.31. The Balaban J connectivity index is 1.17. The molecule has 4 aliphatic carbocycles. The van der Waals surface area contributed by atoms with Crippen LogP contribution in [0.25, 0.3) is 55.3 Å². The first kappa shape index (κ1) is 31.9. The lowest BCUT2D eigenvalue weighted by Crippen LogP contribution is -2.15. The summed E-state index contributed by atoms with van der Waals surface area (Å²) in [6, 6.07) is 28.5. The largest absolute Gasteiger partial charge is 0.399 e. The van der Waals surface area contributed by atoms with Crippen molar-refractivity contribution in [3.05, 3.63) is 128 Å². The molecule has 0 radical (unpaired) electrons. The summed E-state index contributed by atoms with van der Waals surface area (Å²) in [6.07, 6.45) is 16.3. The van der Waals surface area contributed by atoms with Crippen LogP contribution in [0.15, 0.2) is 72.8 Å². The molecule has 0 saturated carbocycles. The van der Waals surface area contributed by atoms with Gasteiger partial charge in [-0.15, -0.1) is 0 Å². The van der Waals surface area contributed by atoms with E-state index >= 15 is 0 Å². The first-order valence-corrected chi connectivity index (χ1v) is 20.2. The molecule has 2 heteroatoms. The molecule has 0 unspecified atom stereocenters. The van der Waals surface area contributed by atoms with Crippen molar-refractivity contribution in [3.8, 4) is 44.5 Å². The van der Waals surface area contributed by atoms with Crippen LogP contribution in [-0.2, 0) is 64.2 Å². The Morgan fingerprint density at radius 1 is 0.385 bits per heavy atom. The molecule has 0 heterocycles. The Morgan fingerprint density at radius 3 is 1.15 bits per heavy atom. The van der Waals surface area contributed by atoms with Gasteiger partial charge in [-0.2, -0.15) is 0 Å². The SMILES string of the molecule is CCCCc1c2c(cc3c1CCc1cc4cc5c(cc4cc1-3)-c1cc3c(c(CCCC)c1CC5)CCc1ccc(N)cc1-3)-c1cc(N)ccc1CC2. The molecule has 52 heavy (non-hydrogen) atoms. The van der Waals surface area contributed by atoms with Crippen molar-refractivity contribution in [3.63, 3.8) is 0 Å². The Labute approximate surface area is 309 Å². The number of fused-ring (bicyclic) bond motifs is 13. The number of aryl methyl sites for hydroxylation is 4. The van der Waals surface area contributed by atoms with Crippen LogP contribution in [0.5, 0.6) is 0 Å². The maximum Gasteiger partial charge on any atom is 0.0320 e. The van der Waals surface area contributed by atoms with Gasteiger partial charge in [-0.25, -0.2) is 0 Å². The van der Waals surface area contributed by atoms with Crippen LogP contribution >= 0.6 is 0 Å². The van der Waals surface area contributed by atoms with Crippen molar-refractivity contribution in [2.75, 3.05) is 11.5 Å². The van der Waals surface area contributed by atoms with Crippen molar-refractivity contribution in [1.29, 1.82) is 0 Å². The van der Waals surface area contributed by atoms with E-state index in [1.807, 2.05) is 0 Å². The Kier molecular flexibility index (Phi) is 7.60. The molecule has 0 atom stereocenters. The molecular formula is C50H50N2. The van der Waals surface area contributed by atoms with Crippen molar-refractivity contribution in [1.82, 2.24) is 0 Å². The van der Waals surface area contributed by atoms with Gasteiger partial charge < -0.3 is 11.5 Å². The molecule has 6 aromatic rings. The van der Waals surface area contributed by atoms with Gasteiger partial charge in [0.05, 0.1) is 0 Å². The molecule has 0 amide bonds.